The molecule has 1 atom stereocenters. The number of hydrogen-bond donors (Lipinski definition) is 1. The molecule has 1 aromatic heterocycles. The topological polar surface area (TPSA) is 12.0 Å². The summed E-state index contributed by atoms with van der Waals surface area (Å²) in [6.45, 7) is 0. The standard InChI is InChI=1S/C13H11BrClF2NS/c1-18-11(12-6-9(15)13(14)19-12)4-7-2-3-8(16)5-10(7)17/h2-3,5-6,11,18H,4H2,1H3. The van der Waals surface area contributed by atoms with Crippen molar-refractivity contribution in [3.8, 4) is 0 Å². The number of halogens is 4. The molecule has 102 valence electrons. The van der Waals surface area contributed by atoms with Gasteiger partial charge >= 0.3 is 0 Å². The maximum atomic E-state index is 13.6. The van der Waals surface area contributed by atoms with Crippen molar-refractivity contribution in [2.45, 2.75) is 12.5 Å². The molecule has 1 heterocycles. The maximum absolute atomic E-state index is 13.6. The Morgan fingerprint density at radius 3 is 2.63 bits per heavy atom. The quantitative estimate of drug-likeness (QED) is 0.807. The Hall–Kier alpha value is -0.490. The first-order chi connectivity index (χ1) is 9.01. The minimum atomic E-state index is -0.566. The Morgan fingerprint density at radius 2 is 2.11 bits per heavy atom. The Labute approximate surface area is 127 Å². The summed E-state index contributed by atoms with van der Waals surface area (Å²) < 4.78 is 27.4. The SMILES string of the molecule is CNC(Cc1ccc(F)cc1F)c1cc(Cl)c(Br)s1. The first-order valence-electron chi connectivity index (χ1n) is 5.57. The predicted molar refractivity (Wildman–Crippen MR) is 78.9 cm³/mol. The van der Waals surface area contributed by atoms with Crippen molar-refractivity contribution < 1.29 is 8.78 Å². The van der Waals surface area contributed by atoms with Crippen LogP contribution >= 0.6 is 38.9 Å². The minimum absolute atomic E-state index is 0.0613. The molecule has 1 nitrogen and oxygen atoms in total. The van der Waals surface area contributed by atoms with Gasteiger partial charge in [0.25, 0.3) is 0 Å². The fourth-order valence-corrected chi connectivity index (χ4v) is 3.64. The van der Waals surface area contributed by atoms with E-state index in [4.69, 9.17) is 11.6 Å². The molecule has 0 fully saturated rings. The molecule has 1 aromatic carbocycles. The number of likely N-dealkylation sites (N-methyl/N-ethyl adjacent to an activating group) is 1. The largest absolute Gasteiger partial charge is 0.312 e. The molecule has 2 aromatic rings. The zero-order valence-electron chi connectivity index (χ0n) is 10.0. The van der Waals surface area contributed by atoms with Crippen LogP contribution in [-0.2, 0) is 6.42 Å². The van der Waals surface area contributed by atoms with E-state index in [1.54, 1.807) is 7.05 Å². The Bertz CT molecular complexity index is 569. The van der Waals surface area contributed by atoms with Crippen molar-refractivity contribution in [2.24, 2.45) is 0 Å². The summed E-state index contributed by atoms with van der Waals surface area (Å²) in [4.78, 5) is 1.00. The predicted octanol–water partition coefficient (Wildman–Crippen LogP) is 4.95. The van der Waals surface area contributed by atoms with Crippen LogP contribution in [0.5, 0.6) is 0 Å². The second-order valence-electron chi connectivity index (χ2n) is 4.05. The normalized spacial score (nSPS) is 12.7. The zero-order valence-corrected chi connectivity index (χ0v) is 13.2. The summed E-state index contributed by atoms with van der Waals surface area (Å²) in [5.74, 6) is -1.09. The summed E-state index contributed by atoms with van der Waals surface area (Å²) in [5.41, 5.74) is 0.474. The van der Waals surface area contributed by atoms with Crippen molar-refractivity contribution in [1.82, 2.24) is 5.32 Å². The van der Waals surface area contributed by atoms with Crippen LogP contribution in [0.1, 0.15) is 16.5 Å². The van der Waals surface area contributed by atoms with E-state index < -0.39 is 11.6 Å². The smallest absolute Gasteiger partial charge is 0.129 e. The lowest BCUT2D eigenvalue weighted by molar-refractivity contribution is 0.544. The van der Waals surface area contributed by atoms with Gasteiger partial charge in [-0.1, -0.05) is 17.7 Å². The van der Waals surface area contributed by atoms with Crippen LogP contribution in [0, 0.1) is 11.6 Å². The molecular formula is C13H11BrClF2NS. The molecule has 0 aliphatic rings. The van der Waals surface area contributed by atoms with E-state index >= 15 is 0 Å². The molecule has 0 aliphatic carbocycles. The number of rotatable bonds is 4. The Balaban J connectivity index is 2.23. The van der Waals surface area contributed by atoms with Crippen molar-refractivity contribution >= 4 is 38.9 Å². The maximum Gasteiger partial charge on any atom is 0.129 e. The second-order valence-corrected chi connectivity index (χ2v) is 6.86. The second kappa shape index (κ2) is 6.31. The van der Waals surface area contributed by atoms with Crippen LogP contribution in [0.15, 0.2) is 28.1 Å². The number of thiophene rings is 1. The molecule has 19 heavy (non-hydrogen) atoms. The van der Waals surface area contributed by atoms with E-state index in [-0.39, 0.29) is 6.04 Å². The highest BCUT2D eigenvalue weighted by Crippen LogP contribution is 2.36. The highest BCUT2D eigenvalue weighted by atomic mass is 79.9. The lowest BCUT2D eigenvalue weighted by Crippen LogP contribution is -2.18. The summed E-state index contributed by atoms with van der Waals surface area (Å²) in [6.07, 6.45) is 0.436. The molecule has 1 N–H and O–H groups in total. The van der Waals surface area contributed by atoms with Gasteiger partial charge in [0.2, 0.25) is 0 Å². The fraction of sp³-hybridized carbons (Fsp3) is 0.231. The molecule has 2 rings (SSSR count). The lowest BCUT2D eigenvalue weighted by atomic mass is 10.0. The first-order valence-corrected chi connectivity index (χ1v) is 7.56. The monoisotopic (exact) mass is 365 g/mol. The molecule has 0 spiro atoms. The number of hydrogen-bond acceptors (Lipinski definition) is 2. The fourth-order valence-electron chi connectivity index (χ4n) is 1.79. The number of benzene rings is 1. The first kappa shape index (κ1) is 14.9. The van der Waals surface area contributed by atoms with Gasteiger partial charge in [-0.05, 0) is 47.1 Å². The van der Waals surface area contributed by atoms with Gasteiger partial charge in [-0.25, -0.2) is 8.78 Å². The summed E-state index contributed by atoms with van der Waals surface area (Å²) in [5, 5.41) is 3.76. The summed E-state index contributed by atoms with van der Waals surface area (Å²) in [7, 11) is 1.80. The van der Waals surface area contributed by atoms with Gasteiger partial charge in [0, 0.05) is 17.0 Å². The van der Waals surface area contributed by atoms with Crippen molar-refractivity contribution in [3.05, 3.63) is 55.1 Å². The van der Waals surface area contributed by atoms with Crippen LogP contribution in [0.4, 0.5) is 8.78 Å². The summed E-state index contributed by atoms with van der Waals surface area (Å²) >= 11 is 10.9. The van der Waals surface area contributed by atoms with Gasteiger partial charge in [-0.3, -0.25) is 0 Å². The van der Waals surface area contributed by atoms with E-state index in [0.29, 0.717) is 17.0 Å². The average molecular weight is 367 g/mol. The van der Waals surface area contributed by atoms with Crippen LogP contribution in [0.25, 0.3) is 0 Å². The van der Waals surface area contributed by atoms with Crippen LogP contribution < -0.4 is 5.32 Å². The van der Waals surface area contributed by atoms with Crippen LogP contribution in [-0.4, -0.2) is 7.05 Å². The van der Waals surface area contributed by atoms with Gasteiger partial charge in [0.05, 0.1) is 8.81 Å². The van der Waals surface area contributed by atoms with E-state index in [2.05, 4.69) is 21.2 Å². The molecule has 6 heteroatoms. The molecule has 1 unspecified atom stereocenters. The molecule has 0 saturated carbocycles. The Morgan fingerprint density at radius 1 is 1.37 bits per heavy atom. The molecule has 0 bridgehead atoms. The van der Waals surface area contributed by atoms with E-state index in [0.717, 1.165) is 14.7 Å². The van der Waals surface area contributed by atoms with Crippen molar-refractivity contribution in [1.29, 1.82) is 0 Å². The van der Waals surface area contributed by atoms with Crippen molar-refractivity contribution in [2.75, 3.05) is 7.05 Å². The van der Waals surface area contributed by atoms with E-state index in [1.165, 1.54) is 23.5 Å². The molecule has 0 radical (unpaired) electrons. The van der Waals surface area contributed by atoms with E-state index in [1.807, 2.05) is 6.07 Å². The van der Waals surface area contributed by atoms with Gasteiger partial charge in [0.15, 0.2) is 0 Å². The highest BCUT2D eigenvalue weighted by Gasteiger charge is 2.17. The van der Waals surface area contributed by atoms with Gasteiger partial charge in [-0.2, -0.15) is 0 Å². The number of nitrogens with one attached hydrogen (secondary N) is 1. The van der Waals surface area contributed by atoms with Crippen LogP contribution in [0.2, 0.25) is 5.02 Å². The van der Waals surface area contributed by atoms with E-state index in [9.17, 15) is 8.78 Å². The molecule has 0 aliphatic heterocycles. The third-order valence-corrected chi connectivity index (χ3v) is 5.38. The lowest BCUT2D eigenvalue weighted by Gasteiger charge is -2.15. The summed E-state index contributed by atoms with van der Waals surface area (Å²) in [6, 6.07) is 5.42. The molecule has 0 saturated heterocycles. The average Bonchev–Trinajstić information content (AvgIpc) is 2.68. The third-order valence-electron chi connectivity index (χ3n) is 2.80. The Kier molecular flexibility index (Phi) is 4.95. The molecular weight excluding hydrogens is 356 g/mol. The van der Waals surface area contributed by atoms with Crippen LogP contribution in [0.3, 0.4) is 0 Å². The zero-order chi connectivity index (χ0) is 14.0. The minimum Gasteiger partial charge on any atom is -0.312 e. The van der Waals surface area contributed by atoms with Crippen molar-refractivity contribution in [3.63, 3.8) is 0 Å². The van der Waals surface area contributed by atoms with Gasteiger partial charge < -0.3 is 5.32 Å². The highest BCUT2D eigenvalue weighted by molar-refractivity contribution is 9.11. The van der Waals surface area contributed by atoms with Gasteiger partial charge in [-0.15, -0.1) is 11.3 Å². The molecule has 0 amide bonds. The van der Waals surface area contributed by atoms with Gasteiger partial charge in [0.1, 0.15) is 11.6 Å². The third kappa shape index (κ3) is 3.54.